The molecule has 4 fully saturated rings. The van der Waals surface area contributed by atoms with Gasteiger partial charge < -0.3 is 5.11 Å². The molecule has 144 valence electrons. The maximum absolute atomic E-state index is 10.4. The zero-order valence-corrected chi connectivity index (χ0v) is 17.2. The van der Waals surface area contributed by atoms with Gasteiger partial charge in [-0.3, -0.25) is 0 Å². The maximum Gasteiger partial charge on any atom is 0.162 e. The molecule has 4 aliphatic rings. The molecule has 0 radical (unpaired) electrons. The van der Waals surface area contributed by atoms with Gasteiger partial charge in [-0.15, -0.1) is 0 Å². The minimum atomic E-state index is 0.161. The van der Waals surface area contributed by atoms with E-state index >= 15 is 0 Å². The molecule has 0 bridgehead atoms. The van der Waals surface area contributed by atoms with Crippen LogP contribution < -0.4 is 0 Å². The zero-order chi connectivity index (χ0) is 18.7. The Bertz CT molecular complexity index is 645. The molecule has 0 saturated heterocycles. The molecule has 8 atom stereocenters. The van der Waals surface area contributed by atoms with Gasteiger partial charge >= 0.3 is 0 Å². The van der Waals surface area contributed by atoms with Crippen molar-refractivity contribution in [2.45, 2.75) is 79.1 Å². The molecule has 0 aromatic rings. The first-order valence-electron chi connectivity index (χ1n) is 11.0. The van der Waals surface area contributed by atoms with Crippen LogP contribution in [0, 0.1) is 52.9 Å². The summed E-state index contributed by atoms with van der Waals surface area (Å²) in [5.74, 6) is 4.37. The summed E-state index contributed by atoms with van der Waals surface area (Å²) in [5, 5.41) is 10.4. The van der Waals surface area contributed by atoms with E-state index < -0.39 is 0 Å². The van der Waals surface area contributed by atoms with E-state index in [2.05, 4.69) is 25.6 Å². The van der Waals surface area contributed by atoms with Gasteiger partial charge in [0.05, 0.1) is 6.57 Å². The Hall–Kier alpha value is -0.810. The Morgan fingerprint density at radius 1 is 1.23 bits per heavy atom. The van der Waals surface area contributed by atoms with Gasteiger partial charge in [-0.25, -0.2) is 4.85 Å². The van der Waals surface area contributed by atoms with Crippen molar-refractivity contribution >= 4 is 0 Å². The summed E-state index contributed by atoms with van der Waals surface area (Å²) in [6, 6.07) is 0. The largest absolute Gasteiger partial charge is 0.396 e. The fraction of sp³-hybridized carbons (Fsp3) is 0.875. The first-order chi connectivity index (χ1) is 12.3. The van der Waals surface area contributed by atoms with Gasteiger partial charge in [-0.2, -0.15) is 0 Å². The van der Waals surface area contributed by atoms with Crippen molar-refractivity contribution in [3.8, 4) is 0 Å². The van der Waals surface area contributed by atoms with Crippen molar-refractivity contribution in [2.75, 3.05) is 6.61 Å². The quantitative estimate of drug-likeness (QED) is 0.567. The van der Waals surface area contributed by atoms with Gasteiger partial charge in [-0.05, 0) is 98.2 Å². The normalized spacial score (nSPS) is 52.5. The summed E-state index contributed by atoms with van der Waals surface area (Å²) in [6.45, 7) is 17.4. The molecule has 1 N–H and O–H groups in total. The van der Waals surface area contributed by atoms with Gasteiger partial charge in [0.2, 0.25) is 0 Å². The van der Waals surface area contributed by atoms with Crippen LogP contribution in [0.1, 0.15) is 79.1 Å². The maximum atomic E-state index is 10.4. The SMILES string of the molecule is [C-]#[N+]/C(C)=C1/CC[C@H]2[C@@H]3CC[C@H]4C[C@@H](C)CC[C@]4(C)[C@H]3[C@@H](CO)C[C@]12C. The smallest absolute Gasteiger partial charge is 0.162 e. The molecule has 0 unspecified atom stereocenters. The van der Waals surface area contributed by atoms with E-state index in [1.807, 2.05) is 6.92 Å². The highest BCUT2D eigenvalue weighted by Crippen LogP contribution is 2.69. The first kappa shape index (κ1) is 18.5. The fourth-order valence-corrected chi connectivity index (χ4v) is 8.52. The predicted molar refractivity (Wildman–Crippen MR) is 106 cm³/mol. The lowest BCUT2D eigenvalue weighted by Crippen LogP contribution is -2.56. The van der Waals surface area contributed by atoms with Crippen LogP contribution in [-0.4, -0.2) is 11.7 Å². The molecule has 4 aliphatic carbocycles. The van der Waals surface area contributed by atoms with Gasteiger partial charge in [0.25, 0.3) is 0 Å². The molecule has 0 aromatic carbocycles. The number of hydrogen-bond acceptors (Lipinski definition) is 1. The van der Waals surface area contributed by atoms with Crippen molar-refractivity contribution in [3.63, 3.8) is 0 Å². The Morgan fingerprint density at radius 3 is 2.69 bits per heavy atom. The third-order valence-corrected chi connectivity index (χ3v) is 9.63. The molecule has 0 spiro atoms. The summed E-state index contributed by atoms with van der Waals surface area (Å²) in [7, 11) is 0. The molecule has 26 heavy (non-hydrogen) atoms. The van der Waals surface area contributed by atoms with Crippen molar-refractivity contribution in [2.24, 2.45) is 46.3 Å². The highest BCUT2D eigenvalue weighted by Gasteiger charge is 2.61. The van der Waals surface area contributed by atoms with Gasteiger partial charge in [0.15, 0.2) is 5.70 Å². The summed E-state index contributed by atoms with van der Waals surface area (Å²) in [4.78, 5) is 3.82. The number of hydrogen-bond donors (Lipinski definition) is 1. The molecule has 0 heterocycles. The summed E-state index contributed by atoms with van der Waals surface area (Å²) >= 11 is 0. The summed E-state index contributed by atoms with van der Waals surface area (Å²) < 4.78 is 0. The highest BCUT2D eigenvalue weighted by molar-refractivity contribution is 5.31. The van der Waals surface area contributed by atoms with Crippen LogP contribution in [0.25, 0.3) is 4.85 Å². The van der Waals surface area contributed by atoms with Crippen LogP contribution in [0.5, 0.6) is 0 Å². The Kier molecular flexibility index (Phi) is 4.54. The van der Waals surface area contributed by atoms with Crippen molar-refractivity contribution in [1.29, 1.82) is 0 Å². The van der Waals surface area contributed by atoms with Crippen LogP contribution in [0.3, 0.4) is 0 Å². The van der Waals surface area contributed by atoms with Crippen LogP contribution in [0.15, 0.2) is 11.3 Å². The number of rotatable bonds is 1. The summed E-state index contributed by atoms with van der Waals surface area (Å²) in [6.07, 6.45) is 10.4. The topological polar surface area (TPSA) is 24.6 Å². The van der Waals surface area contributed by atoms with E-state index in [9.17, 15) is 5.11 Å². The molecule has 0 aromatic heterocycles. The molecule has 2 heteroatoms. The van der Waals surface area contributed by atoms with Crippen LogP contribution in [-0.2, 0) is 0 Å². The number of fused-ring (bicyclic) bond motifs is 5. The standard InChI is InChI=1S/C24H37NO/c1-15-10-11-23(3)18(12-15)6-7-19-21-9-8-20(16(2)25-5)24(21,4)13-17(14-26)22(19)23/h15,17-19,21-22,26H,6-14H2,1-4H3/b20-16-/t15-,17+,18-,19-,21-,22-,23-,24+/m0/s1. The minimum absolute atomic E-state index is 0.161. The molecule has 4 rings (SSSR count). The number of nitrogens with zero attached hydrogens (tertiary/aromatic N) is 1. The number of allylic oxidation sites excluding steroid dienone is 2. The molecule has 0 amide bonds. The second-order valence-corrected chi connectivity index (χ2v) is 10.7. The van der Waals surface area contributed by atoms with Gasteiger partial charge in [0, 0.05) is 6.61 Å². The van der Waals surface area contributed by atoms with Crippen molar-refractivity contribution < 1.29 is 5.11 Å². The van der Waals surface area contributed by atoms with Crippen LogP contribution in [0.2, 0.25) is 0 Å². The highest BCUT2D eigenvalue weighted by atomic mass is 16.3. The Balaban J connectivity index is 1.73. The van der Waals surface area contributed by atoms with Gasteiger partial charge in [-0.1, -0.05) is 32.8 Å². The third kappa shape index (κ3) is 2.46. The zero-order valence-electron chi connectivity index (χ0n) is 17.2. The fourth-order valence-electron chi connectivity index (χ4n) is 8.52. The minimum Gasteiger partial charge on any atom is -0.396 e. The van der Waals surface area contributed by atoms with E-state index in [1.165, 1.54) is 44.1 Å². The summed E-state index contributed by atoms with van der Waals surface area (Å²) in [5.41, 5.74) is 2.97. The second-order valence-electron chi connectivity index (χ2n) is 10.7. The third-order valence-electron chi connectivity index (χ3n) is 9.63. The average molecular weight is 356 g/mol. The average Bonchev–Trinajstić information content (AvgIpc) is 2.97. The predicted octanol–water partition coefficient (Wildman–Crippen LogP) is 6.08. The van der Waals surface area contributed by atoms with Crippen LogP contribution in [0.4, 0.5) is 0 Å². The molecule has 0 aliphatic heterocycles. The van der Waals surface area contributed by atoms with E-state index in [0.717, 1.165) is 42.2 Å². The molecular weight excluding hydrogens is 318 g/mol. The van der Waals surface area contributed by atoms with Crippen molar-refractivity contribution in [1.82, 2.24) is 0 Å². The van der Waals surface area contributed by atoms with E-state index in [0.29, 0.717) is 23.9 Å². The lowest BCUT2D eigenvalue weighted by molar-refractivity contribution is -0.143. The Labute approximate surface area is 160 Å². The van der Waals surface area contributed by atoms with Crippen LogP contribution >= 0.6 is 0 Å². The van der Waals surface area contributed by atoms with Crippen molar-refractivity contribution in [3.05, 3.63) is 22.7 Å². The van der Waals surface area contributed by atoms with Gasteiger partial charge in [0.1, 0.15) is 0 Å². The van der Waals surface area contributed by atoms with E-state index in [4.69, 9.17) is 6.57 Å². The lowest BCUT2D eigenvalue weighted by atomic mass is 9.42. The van der Waals surface area contributed by atoms with E-state index in [1.54, 1.807) is 0 Å². The molecule has 4 saturated carbocycles. The van der Waals surface area contributed by atoms with E-state index in [-0.39, 0.29) is 5.41 Å². The second kappa shape index (κ2) is 6.37. The number of aliphatic hydroxyl groups excluding tert-OH is 1. The molecule has 2 nitrogen and oxygen atoms in total. The molecular formula is C24H37NO. The number of aliphatic hydroxyl groups is 1. The monoisotopic (exact) mass is 355 g/mol. The Morgan fingerprint density at radius 2 is 2.00 bits per heavy atom. The first-order valence-corrected chi connectivity index (χ1v) is 11.0. The lowest BCUT2D eigenvalue weighted by Gasteiger charge is -2.63.